The summed E-state index contributed by atoms with van der Waals surface area (Å²) in [4.78, 5) is 28.4. The molecule has 0 unspecified atom stereocenters. The van der Waals surface area contributed by atoms with E-state index in [1.165, 1.54) is 18.5 Å². The fraction of sp³-hybridized carbons (Fsp3) is 0.214. The number of aryl methyl sites for hydroxylation is 1. The fourth-order valence-corrected chi connectivity index (χ4v) is 3.89. The van der Waals surface area contributed by atoms with Gasteiger partial charge in [-0.15, -0.1) is 0 Å². The SMILES string of the molecule is C=CC(=O)Nc1c(C)ccc(-c2c(/C(C=NC)=C/N)[nH]c3ncc(/C(C=NC)=C/N)cc23)c1C.CC. The summed E-state index contributed by atoms with van der Waals surface area (Å²) in [5.74, 6) is -0.274. The van der Waals surface area contributed by atoms with Gasteiger partial charge in [0.15, 0.2) is 0 Å². The van der Waals surface area contributed by atoms with Gasteiger partial charge in [0.05, 0.1) is 5.69 Å². The average Bonchev–Trinajstić information content (AvgIpc) is 3.27. The molecule has 8 heteroatoms. The zero-order chi connectivity index (χ0) is 26.8. The van der Waals surface area contributed by atoms with Crippen LogP contribution in [0.2, 0.25) is 0 Å². The van der Waals surface area contributed by atoms with Crippen molar-refractivity contribution in [3.05, 3.63) is 71.8 Å². The Labute approximate surface area is 212 Å². The van der Waals surface area contributed by atoms with Crippen molar-refractivity contribution in [3.8, 4) is 11.1 Å². The summed E-state index contributed by atoms with van der Waals surface area (Å²) in [7, 11) is 3.37. The molecule has 3 rings (SSSR count). The van der Waals surface area contributed by atoms with Gasteiger partial charge in [0.2, 0.25) is 5.91 Å². The lowest BCUT2D eigenvalue weighted by atomic mass is 9.92. The Morgan fingerprint density at radius 3 is 2.31 bits per heavy atom. The van der Waals surface area contributed by atoms with E-state index in [1.54, 1.807) is 32.7 Å². The molecule has 2 heterocycles. The van der Waals surface area contributed by atoms with Gasteiger partial charge < -0.3 is 21.8 Å². The molecule has 0 saturated heterocycles. The van der Waals surface area contributed by atoms with Crippen LogP contribution in [0.4, 0.5) is 5.69 Å². The topological polar surface area (TPSA) is 135 Å². The molecule has 0 atom stereocenters. The Morgan fingerprint density at radius 2 is 1.72 bits per heavy atom. The second-order valence-electron chi connectivity index (χ2n) is 7.64. The van der Waals surface area contributed by atoms with Crippen LogP contribution in [0.1, 0.15) is 36.2 Å². The molecular formula is C28H35N7O. The van der Waals surface area contributed by atoms with Crippen LogP contribution in [0, 0.1) is 13.8 Å². The van der Waals surface area contributed by atoms with Crippen LogP contribution < -0.4 is 16.8 Å². The number of nitrogens with one attached hydrogen (secondary N) is 2. The van der Waals surface area contributed by atoms with Gasteiger partial charge in [-0.25, -0.2) is 4.98 Å². The number of aromatic nitrogens is 2. The number of hydrogen-bond acceptors (Lipinski definition) is 6. The van der Waals surface area contributed by atoms with Gasteiger partial charge in [-0.1, -0.05) is 32.6 Å². The third kappa shape index (κ3) is 5.60. The zero-order valence-electron chi connectivity index (χ0n) is 21.8. The monoisotopic (exact) mass is 485 g/mol. The number of carbonyl (C=O) groups excluding carboxylic acids is 1. The molecule has 3 aromatic rings. The van der Waals surface area contributed by atoms with Crippen molar-refractivity contribution in [1.29, 1.82) is 0 Å². The van der Waals surface area contributed by atoms with Gasteiger partial charge in [0, 0.05) is 78.5 Å². The molecule has 0 fully saturated rings. The van der Waals surface area contributed by atoms with Crippen LogP contribution in [0.15, 0.2) is 59.4 Å². The van der Waals surface area contributed by atoms with E-state index < -0.39 is 0 Å². The molecule has 8 nitrogen and oxygen atoms in total. The highest BCUT2D eigenvalue weighted by Gasteiger charge is 2.21. The van der Waals surface area contributed by atoms with Gasteiger partial charge in [0.25, 0.3) is 0 Å². The van der Waals surface area contributed by atoms with Gasteiger partial charge in [-0.2, -0.15) is 0 Å². The van der Waals surface area contributed by atoms with E-state index >= 15 is 0 Å². The van der Waals surface area contributed by atoms with Crippen molar-refractivity contribution in [2.45, 2.75) is 27.7 Å². The molecule has 0 bridgehead atoms. The number of aliphatic imine (C=N–C) groups is 2. The van der Waals surface area contributed by atoms with E-state index in [0.29, 0.717) is 11.2 Å². The molecule has 188 valence electrons. The van der Waals surface area contributed by atoms with Crippen molar-refractivity contribution in [2.24, 2.45) is 21.5 Å². The Kier molecular flexibility index (Phi) is 9.92. The number of amides is 1. The summed E-state index contributed by atoms with van der Waals surface area (Å²) in [6.45, 7) is 11.5. The van der Waals surface area contributed by atoms with E-state index in [1.807, 2.05) is 45.9 Å². The molecule has 0 aliphatic heterocycles. The van der Waals surface area contributed by atoms with Crippen LogP contribution in [0.25, 0.3) is 33.3 Å². The quantitative estimate of drug-likeness (QED) is 0.277. The number of rotatable bonds is 7. The maximum absolute atomic E-state index is 12.1. The minimum Gasteiger partial charge on any atom is -0.404 e. The molecule has 0 spiro atoms. The maximum Gasteiger partial charge on any atom is 0.247 e. The molecule has 0 aliphatic rings. The second-order valence-corrected chi connectivity index (χ2v) is 7.64. The fourth-order valence-electron chi connectivity index (χ4n) is 3.89. The Bertz CT molecular complexity index is 1370. The van der Waals surface area contributed by atoms with E-state index in [0.717, 1.165) is 50.2 Å². The van der Waals surface area contributed by atoms with Crippen molar-refractivity contribution >= 4 is 46.2 Å². The summed E-state index contributed by atoms with van der Waals surface area (Å²) in [6.07, 6.45) is 9.37. The predicted molar refractivity (Wildman–Crippen MR) is 154 cm³/mol. The van der Waals surface area contributed by atoms with Crippen LogP contribution in [-0.2, 0) is 4.79 Å². The Balaban J connectivity index is 0.00000222. The van der Waals surface area contributed by atoms with Crippen LogP contribution >= 0.6 is 0 Å². The zero-order valence-corrected chi connectivity index (χ0v) is 21.8. The molecule has 2 aromatic heterocycles. The molecule has 0 radical (unpaired) electrons. The van der Waals surface area contributed by atoms with Crippen LogP contribution in [0.5, 0.6) is 0 Å². The highest BCUT2D eigenvalue weighted by Crippen LogP contribution is 2.40. The second kappa shape index (κ2) is 12.9. The summed E-state index contributed by atoms with van der Waals surface area (Å²) < 4.78 is 0. The molecule has 1 aromatic carbocycles. The molecule has 0 saturated carbocycles. The first-order valence-electron chi connectivity index (χ1n) is 11.6. The number of allylic oxidation sites excluding steroid dienone is 2. The van der Waals surface area contributed by atoms with Crippen molar-refractivity contribution in [2.75, 3.05) is 19.4 Å². The van der Waals surface area contributed by atoms with Crippen LogP contribution in [0.3, 0.4) is 0 Å². The van der Waals surface area contributed by atoms with Crippen molar-refractivity contribution in [3.63, 3.8) is 0 Å². The number of benzene rings is 1. The maximum atomic E-state index is 12.1. The third-order valence-corrected chi connectivity index (χ3v) is 5.54. The summed E-state index contributed by atoms with van der Waals surface area (Å²) in [5, 5.41) is 3.80. The minimum absolute atomic E-state index is 0.274. The van der Waals surface area contributed by atoms with Gasteiger partial charge in [0.1, 0.15) is 5.65 Å². The minimum atomic E-state index is -0.274. The summed E-state index contributed by atoms with van der Waals surface area (Å²) in [6, 6.07) is 6.00. The number of anilines is 1. The number of nitrogens with zero attached hydrogens (tertiary/aromatic N) is 3. The Morgan fingerprint density at radius 1 is 1.08 bits per heavy atom. The largest absolute Gasteiger partial charge is 0.404 e. The molecule has 1 amide bonds. The summed E-state index contributed by atoms with van der Waals surface area (Å²) in [5.41, 5.74) is 19.9. The lowest BCUT2D eigenvalue weighted by Gasteiger charge is -2.16. The van der Waals surface area contributed by atoms with Crippen molar-refractivity contribution in [1.82, 2.24) is 9.97 Å². The standard InChI is InChI=1S/C26H29N7O.C2H6/c1-6-22(34)32-24-15(2)7-8-20(16(24)3)23-21-9-17(18(10-27)12-29-4)14-31-26(21)33-25(23)19(11-28)13-30-5;1-2/h6-14H,1,27-28H2,2-5H3,(H,31,33)(H,32,34);1-2H3/b18-10+,19-11+,29-12?,30-13?;. The molecule has 36 heavy (non-hydrogen) atoms. The lowest BCUT2D eigenvalue weighted by Crippen LogP contribution is -2.10. The molecule has 6 N–H and O–H groups in total. The molecule has 0 aliphatic carbocycles. The van der Waals surface area contributed by atoms with Gasteiger partial charge >= 0.3 is 0 Å². The predicted octanol–water partition coefficient (Wildman–Crippen LogP) is 5.00. The number of pyridine rings is 1. The van der Waals surface area contributed by atoms with Gasteiger partial charge in [-0.05, 0) is 42.7 Å². The van der Waals surface area contributed by atoms with E-state index in [4.69, 9.17) is 11.5 Å². The van der Waals surface area contributed by atoms with E-state index in [2.05, 4.69) is 31.8 Å². The number of carbonyl (C=O) groups is 1. The van der Waals surface area contributed by atoms with Gasteiger partial charge in [-0.3, -0.25) is 14.8 Å². The Hall–Kier alpha value is -4.46. The number of nitrogens with two attached hydrogens (primary N) is 2. The van der Waals surface area contributed by atoms with E-state index in [-0.39, 0.29) is 5.91 Å². The first-order valence-corrected chi connectivity index (χ1v) is 11.6. The number of H-pyrrole nitrogens is 1. The number of fused-ring (bicyclic) bond motifs is 1. The number of aromatic amines is 1. The molecular weight excluding hydrogens is 450 g/mol. The smallest absolute Gasteiger partial charge is 0.247 e. The van der Waals surface area contributed by atoms with E-state index in [9.17, 15) is 4.79 Å². The number of hydrogen-bond donors (Lipinski definition) is 4. The third-order valence-electron chi connectivity index (χ3n) is 5.54. The summed E-state index contributed by atoms with van der Waals surface area (Å²) >= 11 is 0. The normalized spacial score (nSPS) is 12.2. The first kappa shape index (κ1) is 27.8. The highest BCUT2D eigenvalue weighted by atomic mass is 16.1. The van der Waals surface area contributed by atoms with Crippen molar-refractivity contribution < 1.29 is 4.79 Å². The highest BCUT2D eigenvalue weighted by molar-refractivity contribution is 6.16. The first-order chi connectivity index (χ1) is 17.4. The van der Waals surface area contributed by atoms with Crippen LogP contribution in [-0.4, -0.2) is 42.4 Å². The lowest BCUT2D eigenvalue weighted by molar-refractivity contribution is -0.111. The average molecular weight is 486 g/mol.